The Balaban J connectivity index is 2.42. The van der Waals surface area contributed by atoms with E-state index in [4.69, 9.17) is 21.1 Å². The lowest BCUT2D eigenvalue weighted by atomic mass is 10.1. The summed E-state index contributed by atoms with van der Waals surface area (Å²) < 4.78 is 50.4. The molecular weight excluding hydrogens is 385 g/mol. The van der Waals surface area contributed by atoms with Crippen LogP contribution in [0, 0.1) is 0 Å². The molecule has 0 saturated carbocycles. The molecule has 0 atom stereocenters. The Labute approximate surface area is 159 Å². The number of hydrogen-bond acceptors (Lipinski definition) is 4. The number of carbonyl (C=O) groups excluding carboxylic acids is 1. The highest BCUT2D eigenvalue weighted by atomic mass is 35.5. The second-order valence-corrected chi connectivity index (χ2v) is 6.18. The third-order valence-electron chi connectivity index (χ3n) is 3.77. The smallest absolute Gasteiger partial charge is 0.418 e. The van der Waals surface area contributed by atoms with Crippen LogP contribution >= 0.6 is 11.6 Å². The van der Waals surface area contributed by atoms with Crippen LogP contribution in [0.25, 0.3) is 0 Å². The zero-order valence-electron chi connectivity index (χ0n) is 15.1. The van der Waals surface area contributed by atoms with Crippen molar-refractivity contribution in [3.8, 4) is 11.5 Å². The number of nitrogens with one attached hydrogen (secondary N) is 1. The first-order valence-electron chi connectivity index (χ1n) is 7.70. The van der Waals surface area contributed by atoms with E-state index in [-0.39, 0.29) is 27.8 Å². The summed E-state index contributed by atoms with van der Waals surface area (Å²) in [5.41, 5.74) is -0.922. The van der Waals surface area contributed by atoms with Crippen molar-refractivity contribution in [1.29, 1.82) is 0 Å². The fourth-order valence-electron chi connectivity index (χ4n) is 2.40. The molecule has 146 valence electrons. The molecule has 27 heavy (non-hydrogen) atoms. The normalized spacial score (nSPS) is 11.1. The third-order valence-corrected chi connectivity index (χ3v) is 4.05. The first-order valence-corrected chi connectivity index (χ1v) is 8.07. The zero-order valence-corrected chi connectivity index (χ0v) is 15.8. The number of nitrogens with zero attached hydrogens (tertiary/aromatic N) is 1. The van der Waals surface area contributed by atoms with Gasteiger partial charge in [0.1, 0.15) is 0 Å². The highest BCUT2D eigenvalue weighted by Gasteiger charge is 2.34. The van der Waals surface area contributed by atoms with Gasteiger partial charge in [0.25, 0.3) is 5.91 Å². The molecule has 0 unspecified atom stereocenters. The van der Waals surface area contributed by atoms with Gasteiger partial charge in [-0.15, -0.1) is 0 Å². The molecule has 0 spiro atoms. The van der Waals surface area contributed by atoms with Gasteiger partial charge in [0.15, 0.2) is 11.5 Å². The van der Waals surface area contributed by atoms with Crippen LogP contribution < -0.4 is 19.7 Å². The van der Waals surface area contributed by atoms with Crippen LogP contribution in [0.4, 0.5) is 24.5 Å². The molecule has 0 saturated heterocycles. The number of ether oxygens (including phenoxy) is 2. The SMILES string of the molecule is COc1cc(C(=O)Nc2ccc(N(C)C)cc2C(F)(F)F)cc(Cl)c1OC. The summed E-state index contributed by atoms with van der Waals surface area (Å²) in [6.07, 6.45) is -4.64. The van der Waals surface area contributed by atoms with E-state index in [1.165, 1.54) is 43.4 Å². The van der Waals surface area contributed by atoms with E-state index >= 15 is 0 Å². The fraction of sp³-hybridized carbons (Fsp3) is 0.278. The van der Waals surface area contributed by atoms with E-state index in [2.05, 4.69) is 5.32 Å². The Bertz CT molecular complexity index is 854. The van der Waals surface area contributed by atoms with Gasteiger partial charge in [0, 0.05) is 25.3 Å². The van der Waals surface area contributed by atoms with E-state index in [0.717, 1.165) is 6.07 Å². The standard InChI is InChI=1S/C18H18ClF3N2O3/c1-24(2)11-5-6-14(12(9-11)18(20,21)22)23-17(25)10-7-13(19)16(27-4)15(8-10)26-3/h5-9H,1-4H3,(H,23,25). The van der Waals surface area contributed by atoms with Crippen molar-refractivity contribution in [2.24, 2.45) is 0 Å². The number of methoxy groups -OCH3 is 2. The molecular formula is C18H18ClF3N2O3. The second-order valence-electron chi connectivity index (χ2n) is 5.77. The first kappa shape index (κ1) is 20.7. The fourth-order valence-corrected chi connectivity index (χ4v) is 2.69. The number of hydrogen-bond donors (Lipinski definition) is 1. The number of halogens is 4. The Kier molecular flexibility index (Phi) is 6.10. The summed E-state index contributed by atoms with van der Waals surface area (Å²) >= 11 is 6.05. The Morgan fingerprint density at radius 2 is 1.78 bits per heavy atom. The van der Waals surface area contributed by atoms with Crippen molar-refractivity contribution in [2.45, 2.75) is 6.18 Å². The van der Waals surface area contributed by atoms with Gasteiger partial charge in [0.05, 0.1) is 30.5 Å². The largest absolute Gasteiger partial charge is 0.493 e. The van der Waals surface area contributed by atoms with Crippen LogP contribution in [0.3, 0.4) is 0 Å². The first-order chi connectivity index (χ1) is 12.6. The highest BCUT2D eigenvalue weighted by Crippen LogP contribution is 2.38. The number of carbonyl (C=O) groups is 1. The molecule has 0 fully saturated rings. The van der Waals surface area contributed by atoms with Gasteiger partial charge in [0.2, 0.25) is 0 Å². The van der Waals surface area contributed by atoms with Crippen LogP contribution in [0.2, 0.25) is 5.02 Å². The quantitative estimate of drug-likeness (QED) is 0.788. The number of rotatable bonds is 5. The average molecular weight is 403 g/mol. The van der Waals surface area contributed by atoms with Crippen LogP contribution in [-0.2, 0) is 6.18 Å². The molecule has 1 amide bonds. The third kappa shape index (κ3) is 4.57. The minimum Gasteiger partial charge on any atom is -0.493 e. The van der Waals surface area contributed by atoms with Gasteiger partial charge in [-0.25, -0.2) is 0 Å². The van der Waals surface area contributed by atoms with Gasteiger partial charge in [-0.05, 0) is 30.3 Å². The summed E-state index contributed by atoms with van der Waals surface area (Å²) in [5, 5.41) is 2.38. The maximum Gasteiger partial charge on any atom is 0.418 e. The minimum atomic E-state index is -4.64. The summed E-state index contributed by atoms with van der Waals surface area (Å²) in [6.45, 7) is 0. The molecule has 0 radical (unpaired) electrons. The number of alkyl halides is 3. The van der Waals surface area contributed by atoms with Crippen LogP contribution in [0.15, 0.2) is 30.3 Å². The summed E-state index contributed by atoms with van der Waals surface area (Å²) in [7, 11) is 5.99. The van der Waals surface area contributed by atoms with E-state index in [1.807, 2.05) is 0 Å². The van der Waals surface area contributed by atoms with Gasteiger partial charge >= 0.3 is 6.18 Å². The van der Waals surface area contributed by atoms with Crippen LogP contribution in [-0.4, -0.2) is 34.2 Å². The van der Waals surface area contributed by atoms with E-state index < -0.39 is 17.6 Å². The summed E-state index contributed by atoms with van der Waals surface area (Å²) in [6, 6.07) is 6.28. The summed E-state index contributed by atoms with van der Waals surface area (Å²) in [4.78, 5) is 14.0. The van der Waals surface area contributed by atoms with E-state index in [1.54, 1.807) is 14.1 Å². The van der Waals surface area contributed by atoms with Crippen molar-refractivity contribution in [3.05, 3.63) is 46.5 Å². The summed E-state index contributed by atoms with van der Waals surface area (Å²) in [5.74, 6) is -0.350. The van der Waals surface area contributed by atoms with Crippen molar-refractivity contribution >= 4 is 28.9 Å². The molecule has 9 heteroatoms. The Morgan fingerprint density at radius 3 is 2.30 bits per heavy atom. The van der Waals surface area contributed by atoms with Crippen LogP contribution in [0.5, 0.6) is 11.5 Å². The second kappa shape index (κ2) is 7.96. The molecule has 1 N–H and O–H groups in total. The predicted octanol–water partition coefficient (Wildman–Crippen LogP) is 4.69. The maximum atomic E-state index is 13.4. The highest BCUT2D eigenvalue weighted by molar-refractivity contribution is 6.32. The van der Waals surface area contributed by atoms with Crippen LogP contribution in [0.1, 0.15) is 15.9 Å². The van der Waals surface area contributed by atoms with Crippen molar-refractivity contribution < 1.29 is 27.4 Å². The average Bonchev–Trinajstić information content (AvgIpc) is 2.59. The van der Waals surface area contributed by atoms with Crippen molar-refractivity contribution in [3.63, 3.8) is 0 Å². The topological polar surface area (TPSA) is 50.8 Å². The minimum absolute atomic E-state index is 0.0301. The Hall–Kier alpha value is -2.61. The van der Waals surface area contributed by atoms with Crippen molar-refractivity contribution in [1.82, 2.24) is 0 Å². The molecule has 0 heterocycles. The molecule has 2 rings (SSSR count). The Morgan fingerprint density at radius 1 is 1.11 bits per heavy atom. The zero-order chi connectivity index (χ0) is 20.4. The van der Waals surface area contributed by atoms with Gasteiger partial charge in [-0.3, -0.25) is 4.79 Å². The molecule has 0 aliphatic heterocycles. The molecule has 0 bridgehead atoms. The number of anilines is 2. The number of benzene rings is 2. The monoisotopic (exact) mass is 402 g/mol. The van der Waals surface area contributed by atoms with E-state index in [9.17, 15) is 18.0 Å². The molecule has 0 aliphatic carbocycles. The molecule has 5 nitrogen and oxygen atoms in total. The van der Waals surface area contributed by atoms with Gasteiger partial charge in [-0.2, -0.15) is 13.2 Å². The molecule has 2 aromatic rings. The molecule has 0 aliphatic rings. The van der Waals surface area contributed by atoms with Gasteiger partial charge in [-0.1, -0.05) is 11.6 Å². The molecule has 0 aromatic heterocycles. The number of amides is 1. The van der Waals surface area contributed by atoms with E-state index in [0.29, 0.717) is 5.69 Å². The van der Waals surface area contributed by atoms with Gasteiger partial charge < -0.3 is 19.7 Å². The predicted molar refractivity (Wildman–Crippen MR) is 98.3 cm³/mol. The lowest BCUT2D eigenvalue weighted by Crippen LogP contribution is -2.18. The molecule has 2 aromatic carbocycles. The lowest BCUT2D eigenvalue weighted by molar-refractivity contribution is -0.136. The lowest BCUT2D eigenvalue weighted by Gasteiger charge is -2.19. The maximum absolute atomic E-state index is 13.4. The van der Waals surface area contributed by atoms with Crippen molar-refractivity contribution in [2.75, 3.05) is 38.5 Å².